The number of rotatable bonds is 7. The highest BCUT2D eigenvalue weighted by Gasteiger charge is 2.58. The first-order chi connectivity index (χ1) is 17.4. The molecule has 6 nitrogen and oxygen atoms in total. The van der Waals surface area contributed by atoms with Crippen LogP contribution in [0.5, 0.6) is 0 Å². The van der Waals surface area contributed by atoms with Gasteiger partial charge >= 0.3 is 6.03 Å². The molecule has 0 radical (unpaired) electrons. The van der Waals surface area contributed by atoms with Gasteiger partial charge < -0.3 is 15.0 Å². The summed E-state index contributed by atoms with van der Waals surface area (Å²) in [4.78, 5) is 17.8. The quantitative estimate of drug-likeness (QED) is 0.540. The Bertz CT molecular complexity index is 1170. The van der Waals surface area contributed by atoms with Gasteiger partial charge in [0.05, 0.1) is 22.8 Å². The molecule has 1 heterocycles. The number of benzene rings is 2. The zero-order valence-electron chi connectivity index (χ0n) is 20.6. The summed E-state index contributed by atoms with van der Waals surface area (Å²) in [6.07, 6.45) is 5.20. The van der Waals surface area contributed by atoms with E-state index < -0.39 is 5.82 Å². The first-order valence-corrected chi connectivity index (χ1v) is 13.1. The number of nitrogens with zero attached hydrogens (tertiary/aromatic N) is 3. The van der Waals surface area contributed by atoms with Crippen LogP contribution in [-0.2, 0) is 10.2 Å². The molecule has 2 aliphatic carbocycles. The summed E-state index contributed by atoms with van der Waals surface area (Å²) in [6, 6.07) is 14.5. The fourth-order valence-corrected chi connectivity index (χ4v) is 6.39. The maximum atomic E-state index is 13.6. The predicted octanol–water partition coefficient (Wildman–Crippen LogP) is 5.42. The molecule has 190 valence electrons. The van der Waals surface area contributed by atoms with E-state index in [1.165, 1.54) is 23.8 Å². The lowest BCUT2D eigenvalue weighted by atomic mass is 9.80. The summed E-state index contributed by atoms with van der Waals surface area (Å²) in [5.74, 6) is -0.00325. The summed E-state index contributed by atoms with van der Waals surface area (Å²) in [5, 5.41) is 12.3. The summed E-state index contributed by atoms with van der Waals surface area (Å²) in [6.45, 7) is 3.25. The van der Waals surface area contributed by atoms with E-state index in [1.54, 1.807) is 7.11 Å². The Morgan fingerprint density at radius 2 is 2.19 bits per heavy atom. The SMILES string of the molecule is COC1CCN(CCN(C(=O)Nc2ccc(F)c(Cl)c2)C2CC[C@]3(c4cccc(C#N)c4)CC3C2)C1. The van der Waals surface area contributed by atoms with E-state index in [0.29, 0.717) is 23.7 Å². The summed E-state index contributed by atoms with van der Waals surface area (Å²) >= 11 is 5.94. The number of ether oxygens (including phenoxy) is 1. The largest absolute Gasteiger partial charge is 0.380 e. The number of amides is 2. The number of likely N-dealkylation sites (tertiary alicyclic amines) is 1. The fourth-order valence-electron chi connectivity index (χ4n) is 6.21. The predicted molar refractivity (Wildman–Crippen MR) is 138 cm³/mol. The molecule has 0 spiro atoms. The lowest BCUT2D eigenvalue weighted by Gasteiger charge is -2.37. The van der Waals surface area contributed by atoms with Gasteiger partial charge in [-0.25, -0.2) is 9.18 Å². The number of nitriles is 1. The Morgan fingerprint density at radius 3 is 2.92 bits per heavy atom. The van der Waals surface area contributed by atoms with Gasteiger partial charge in [-0.3, -0.25) is 4.90 Å². The Kier molecular flexibility index (Phi) is 7.21. The molecule has 1 N–H and O–H groups in total. The lowest BCUT2D eigenvalue weighted by Crippen LogP contribution is -2.48. The Hall–Kier alpha value is -2.66. The number of anilines is 1. The van der Waals surface area contributed by atoms with Crippen molar-refractivity contribution in [2.75, 3.05) is 38.6 Å². The van der Waals surface area contributed by atoms with Gasteiger partial charge in [0.15, 0.2) is 0 Å². The number of hydrogen-bond donors (Lipinski definition) is 1. The number of carbonyl (C=O) groups excluding carboxylic acids is 1. The Labute approximate surface area is 217 Å². The van der Waals surface area contributed by atoms with Crippen molar-refractivity contribution in [2.45, 2.75) is 49.7 Å². The van der Waals surface area contributed by atoms with Gasteiger partial charge in [-0.05, 0) is 79.3 Å². The van der Waals surface area contributed by atoms with Gasteiger partial charge in [0.2, 0.25) is 0 Å². The van der Waals surface area contributed by atoms with Crippen molar-refractivity contribution in [3.8, 4) is 6.07 Å². The van der Waals surface area contributed by atoms with Crippen molar-refractivity contribution in [3.05, 3.63) is 64.4 Å². The van der Waals surface area contributed by atoms with Gasteiger partial charge in [0, 0.05) is 45.0 Å². The number of carbonyl (C=O) groups is 1. The molecule has 3 unspecified atom stereocenters. The topological polar surface area (TPSA) is 68.6 Å². The molecular weight excluding hydrogens is 479 g/mol. The molecule has 2 amide bonds. The van der Waals surface area contributed by atoms with E-state index in [1.807, 2.05) is 23.1 Å². The van der Waals surface area contributed by atoms with E-state index in [2.05, 4.69) is 22.4 Å². The first kappa shape index (κ1) is 25.0. The molecule has 8 heteroatoms. The highest BCUT2D eigenvalue weighted by Crippen LogP contribution is 2.62. The number of fused-ring (bicyclic) bond motifs is 1. The van der Waals surface area contributed by atoms with Crippen LogP contribution in [0.15, 0.2) is 42.5 Å². The molecule has 5 rings (SSSR count). The Morgan fingerprint density at radius 1 is 1.33 bits per heavy atom. The number of halogens is 2. The van der Waals surface area contributed by atoms with Gasteiger partial charge in [-0.1, -0.05) is 23.7 Å². The van der Waals surface area contributed by atoms with Crippen molar-refractivity contribution >= 4 is 23.3 Å². The highest BCUT2D eigenvalue weighted by molar-refractivity contribution is 6.31. The van der Waals surface area contributed by atoms with Gasteiger partial charge in [-0.2, -0.15) is 5.26 Å². The Balaban J connectivity index is 1.29. The van der Waals surface area contributed by atoms with Crippen LogP contribution in [0, 0.1) is 23.1 Å². The molecule has 1 saturated heterocycles. The molecule has 2 saturated carbocycles. The molecule has 2 aromatic rings. The monoisotopic (exact) mass is 510 g/mol. The second-order valence-electron chi connectivity index (χ2n) is 10.4. The second-order valence-corrected chi connectivity index (χ2v) is 10.8. The molecule has 3 fully saturated rings. The number of methoxy groups -OCH3 is 1. The zero-order chi connectivity index (χ0) is 25.3. The van der Waals surface area contributed by atoms with Crippen LogP contribution in [0.4, 0.5) is 14.9 Å². The van der Waals surface area contributed by atoms with E-state index in [9.17, 15) is 14.4 Å². The van der Waals surface area contributed by atoms with Crippen molar-refractivity contribution in [1.29, 1.82) is 5.26 Å². The lowest BCUT2D eigenvalue weighted by molar-refractivity contribution is 0.104. The van der Waals surface area contributed by atoms with Gasteiger partial charge in [0.25, 0.3) is 0 Å². The van der Waals surface area contributed by atoms with Crippen LogP contribution >= 0.6 is 11.6 Å². The zero-order valence-corrected chi connectivity index (χ0v) is 21.3. The van der Waals surface area contributed by atoms with Crippen molar-refractivity contribution in [1.82, 2.24) is 9.80 Å². The first-order valence-electron chi connectivity index (χ1n) is 12.7. The van der Waals surface area contributed by atoms with Crippen LogP contribution in [0.2, 0.25) is 5.02 Å². The van der Waals surface area contributed by atoms with E-state index in [0.717, 1.165) is 51.7 Å². The molecule has 36 heavy (non-hydrogen) atoms. The normalized spacial score (nSPS) is 27.2. The standard InChI is InChI=1S/C28H32ClFN4O2/c1-36-24-8-10-33(18-24)11-12-34(27(35)32-22-5-6-26(30)25(29)15-22)23-7-9-28(16-21(28)14-23)20-4-2-3-19(13-20)17-31/h2-6,13,15,21,23-24H,7-12,14,16,18H2,1H3,(H,32,35)/t21?,23?,24?,28-/m1/s1. The summed E-state index contributed by atoms with van der Waals surface area (Å²) in [5.41, 5.74) is 2.58. The average Bonchev–Trinajstić information content (AvgIpc) is 3.46. The molecule has 0 aromatic heterocycles. The number of nitrogens with one attached hydrogen (secondary N) is 1. The molecular formula is C28H32ClFN4O2. The maximum Gasteiger partial charge on any atom is 0.322 e. The van der Waals surface area contributed by atoms with Crippen LogP contribution in [0.1, 0.15) is 43.2 Å². The summed E-state index contributed by atoms with van der Waals surface area (Å²) < 4.78 is 19.1. The van der Waals surface area contributed by atoms with Crippen molar-refractivity contribution in [3.63, 3.8) is 0 Å². The third kappa shape index (κ3) is 5.08. The van der Waals surface area contributed by atoms with E-state index in [-0.39, 0.29) is 28.6 Å². The summed E-state index contributed by atoms with van der Waals surface area (Å²) in [7, 11) is 1.75. The second kappa shape index (κ2) is 10.4. The number of hydrogen-bond acceptors (Lipinski definition) is 4. The van der Waals surface area contributed by atoms with Crippen LogP contribution in [-0.4, -0.2) is 61.3 Å². The molecule has 0 bridgehead atoms. The van der Waals surface area contributed by atoms with Gasteiger partial charge in [0.1, 0.15) is 5.82 Å². The smallest absolute Gasteiger partial charge is 0.322 e. The minimum atomic E-state index is -0.508. The minimum Gasteiger partial charge on any atom is -0.380 e. The fraction of sp³-hybridized carbons (Fsp3) is 0.500. The molecule has 4 atom stereocenters. The van der Waals surface area contributed by atoms with Crippen LogP contribution in [0.25, 0.3) is 0 Å². The molecule has 1 aliphatic heterocycles. The third-order valence-electron chi connectivity index (χ3n) is 8.37. The van der Waals surface area contributed by atoms with Crippen molar-refractivity contribution in [2.24, 2.45) is 5.92 Å². The number of urea groups is 1. The maximum absolute atomic E-state index is 13.6. The van der Waals surface area contributed by atoms with E-state index in [4.69, 9.17) is 16.3 Å². The van der Waals surface area contributed by atoms with Crippen molar-refractivity contribution < 1.29 is 13.9 Å². The molecule has 3 aliphatic rings. The van der Waals surface area contributed by atoms with Crippen LogP contribution in [0.3, 0.4) is 0 Å². The minimum absolute atomic E-state index is 0.0120. The average molecular weight is 511 g/mol. The molecule has 2 aromatic carbocycles. The van der Waals surface area contributed by atoms with E-state index >= 15 is 0 Å². The van der Waals surface area contributed by atoms with Crippen LogP contribution < -0.4 is 5.32 Å². The highest BCUT2D eigenvalue weighted by atomic mass is 35.5. The van der Waals surface area contributed by atoms with Gasteiger partial charge in [-0.15, -0.1) is 0 Å². The third-order valence-corrected chi connectivity index (χ3v) is 8.66.